The number of anilines is 2. The van der Waals surface area contributed by atoms with E-state index in [0.29, 0.717) is 22.4 Å². The number of hydrogen-bond donors (Lipinski definition) is 1. The summed E-state index contributed by atoms with van der Waals surface area (Å²) in [5.41, 5.74) is 3.28. The summed E-state index contributed by atoms with van der Waals surface area (Å²) in [6.45, 7) is 0.704. The van der Waals surface area contributed by atoms with Crippen molar-refractivity contribution >= 4 is 40.5 Å². The quantitative estimate of drug-likeness (QED) is 0.856. The average Bonchev–Trinajstić information content (AvgIpc) is 2.47. The molecule has 0 atom stereocenters. The molecule has 0 bridgehead atoms. The van der Waals surface area contributed by atoms with E-state index in [2.05, 4.69) is 10.3 Å². The van der Waals surface area contributed by atoms with Gasteiger partial charge in [0.1, 0.15) is 5.15 Å². The minimum absolute atomic E-state index is 0.0405. The van der Waals surface area contributed by atoms with Crippen LogP contribution in [0.1, 0.15) is 15.9 Å². The Labute approximate surface area is 132 Å². The van der Waals surface area contributed by atoms with E-state index in [1.807, 2.05) is 25.2 Å². The first-order chi connectivity index (χ1) is 10.1. The van der Waals surface area contributed by atoms with Gasteiger partial charge in [0, 0.05) is 37.1 Å². The zero-order chi connectivity index (χ0) is 15.0. The van der Waals surface area contributed by atoms with Gasteiger partial charge in [-0.1, -0.05) is 29.3 Å². The first kappa shape index (κ1) is 14.2. The third-order valence-corrected chi connectivity index (χ3v) is 4.05. The number of amides is 1. The SMILES string of the molecule is CN1CCc2c(Nc3cc(Cl)ncc3Cl)cccc2C1=O. The molecule has 6 heteroatoms. The van der Waals surface area contributed by atoms with Gasteiger partial charge >= 0.3 is 0 Å². The van der Waals surface area contributed by atoms with Crippen LogP contribution in [0.3, 0.4) is 0 Å². The van der Waals surface area contributed by atoms with Gasteiger partial charge in [-0.05, 0) is 24.1 Å². The number of likely N-dealkylation sites (N-methyl/N-ethyl adjacent to an activating group) is 1. The molecule has 0 fully saturated rings. The van der Waals surface area contributed by atoms with Crippen molar-refractivity contribution in [3.8, 4) is 0 Å². The molecular weight excluding hydrogens is 309 g/mol. The number of fused-ring (bicyclic) bond motifs is 1. The zero-order valence-electron chi connectivity index (χ0n) is 11.4. The number of hydrogen-bond acceptors (Lipinski definition) is 3. The first-order valence-corrected chi connectivity index (χ1v) is 7.27. The largest absolute Gasteiger partial charge is 0.354 e. The van der Waals surface area contributed by atoms with E-state index >= 15 is 0 Å². The number of carbonyl (C=O) groups excluding carboxylic acids is 1. The van der Waals surface area contributed by atoms with Gasteiger partial charge in [0.2, 0.25) is 0 Å². The van der Waals surface area contributed by atoms with Crippen LogP contribution in [0.15, 0.2) is 30.5 Å². The molecule has 0 radical (unpaired) electrons. The Morgan fingerprint density at radius 1 is 1.29 bits per heavy atom. The lowest BCUT2D eigenvalue weighted by atomic mass is 9.97. The highest BCUT2D eigenvalue weighted by Gasteiger charge is 2.23. The van der Waals surface area contributed by atoms with Crippen LogP contribution in [0.5, 0.6) is 0 Å². The lowest BCUT2D eigenvalue weighted by Crippen LogP contribution is -2.34. The standard InChI is InChI=1S/C15H13Cl2N3O/c1-20-6-5-9-10(15(20)21)3-2-4-12(9)19-13-7-14(17)18-8-11(13)16/h2-4,7-8H,5-6H2,1H3,(H,18,19). The van der Waals surface area contributed by atoms with Crippen molar-refractivity contribution < 1.29 is 4.79 Å². The highest BCUT2D eigenvalue weighted by molar-refractivity contribution is 6.34. The summed E-state index contributed by atoms with van der Waals surface area (Å²) >= 11 is 12.0. The Morgan fingerprint density at radius 2 is 2.10 bits per heavy atom. The van der Waals surface area contributed by atoms with Crippen LogP contribution in [0.4, 0.5) is 11.4 Å². The van der Waals surface area contributed by atoms with Crippen LogP contribution >= 0.6 is 23.2 Å². The molecule has 21 heavy (non-hydrogen) atoms. The molecule has 0 unspecified atom stereocenters. The minimum atomic E-state index is 0.0405. The van der Waals surface area contributed by atoms with Crippen LogP contribution in [-0.2, 0) is 6.42 Å². The highest BCUT2D eigenvalue weighted by Crippen LogP contribution is 2.31. The van der Waals surface area contributed by atoms with Crippen molar-refractivity contribution in [2.75, 3.05) is 18.9 Å². The van der Waals surface area contributed by atoms with Crippen LogP contribution < -0.4 is 5.32 Å². The van der Waals surface area contributed by atoms with Crippen molar-refractivity contribution in [1.29, 1.82) is 0 Å². The van der Waals surface area contributed by atoms with Gasteiger partial charge in [-0.3, -0.25) is 4.79 Å². The summed E-state index contributed by atoms with van der Waals surface area (Å²) in [6, 6.07) is 7.30. The fourth-order valence-electron chi connectivity index (χ4n) is 2.41. The minimum Gasteiger partial charge on any atom is -0.354 e. The number of carbonyl (C=O) groups is 1. The van der Waals surface area contributed by atoms with Crippen LogP contribution in [0.25, 0.3) is 0 Å². The number of nitrogens with one attached hydrogen (secondary N) is 1. The third kappa shape index (κ3) is 2.69. The van der Waals surface area contributed by atoms with Crippen molar-refractivity contribution in [3.05, 3.63) is 51.8 Å². The van der Waals surface area contributed by atoms with Gasteiger partial charge < -0.3 is 10.2 Å². The molecule has 1 aliphatic rings. The van der Waals surface area contributed by atoms with Crippen molar-refractivity contribution in [2.45, 2.75) is 6.42 Å². The van der Waals surface area contributed by atoms with Crippen LogP contribution in [0, 0.1) is 0 Å². The summed E-state index contributed by atoms with van der Waals surface area (Å²) in [7, 11) is 1.81. The zero-order valence-corrected chi connectivity index (χ0v) is 12.9. The second-order valence-electron chi connectivity index (χ2n) is 4.92. The van der Waals surface area contributed by atoms with Gasteiger partial charge in [-0.15, -0.1) is 0 Å². The summed E-state index contributed by atoms with van der Waals surface area (Å²) in [4.78, 5) is 17.8. The highest BCUT2D eigenvalue weighted by atomic mass is 35.5. The third-order valence-electron chi connectivity index (χ3n) is 3.54. The van der Waals surface area contributed by atoms with Gasteiger partial charge in [0.15, 0.2) is 0 Å². The summed E-state index contributed by atoms with van der Waals surface area (Å²) < 4.78 is 0. The molecule has 4 nitrogen and oxygen atoms in total. The van der Waals surface area contributed by atoms with E-state index in [0.717, 1.165) is 23.2 Å². The van der Waals surface area contributed by atoms with Gasteiger partial charge in [0.25, 0.3) is 5.91 Å². The molecule has 1 aromatic carbocycles. The summed E-state index contributed by atoms with van der Waals surface area (Å²) in [5, 5.41) is 4.10. The van der Waals surface area contributed by atoms with Gasteiger partial charge in [-0.25, -0.2) is 4.98 Å². The van der Waals surface area contributed by atoms with E-state index in [1.165, 1.54) is 6.20 Å². The molecule has 2 heterocycles. The Balaban J connectivity index is 2.01. The Morgan fingerprint density at radius 3 is 2.90 bits per heavy atom. The van der Waals surface area contributed by atoms with Gasteiger partial charge in [-0.2, -0.15) is 0 Å². The van der Waals surface area contributed by atoms with E-state index in [1.54, 1.807) is 11.0 Å². The molecule has 0 aliphatic carbocycles. The van der Waals surface area contributed by atoms with E-state index in [9.17, 15) is 4.79 Å². The Hall–Kier alpha value is -1.78. The summed E-state index contributed by atoms with van der Waals surface area (Å²) in [6.07, 6.45) is 2.30. The molecular formula is C15H13Cl2N3O. The second-order valence-corrected chi connectivity index (χ2v) is 5.71. The monoisotopic (exact) mass is 321 g/mol. The average molecular weight is 322 g/mol. The number of nitrogens with zero attached hydrogens (tertiary/aromatic N) is 2. The molecule has 108 valence electrons. The maximum absolute atomic E-state index is 12.2. The fourth-order valence-corrected chi connectivity index (χ4v) is 2.72. The molecule has 1 N–H and O–H groups in total. The van der Waals surface area contributed by atoms with Crippen molar-refractivity contribution in [2.24, 2.45) is 0 Å². The van der Waals surface area contributed by atoms with Crippen molar-refractivity contribution in [1.82, 2.24) is 9.88 Å². The predicted molar refractivity (Wildman–Crippen MR) is 84.6 cm³/mol. The van der Waals surface area contributed by atoms with Crippen molar-refractivity contribution in [3.63, 3.8) is 0 Å². The lowest BCUT2D eigenvalue weighted by molar-refractivity contribution is 0.0781. The van der Waals surface area contributed by atoms with E-state index in [4.69, 9.17) is 23.2 Å². The predicted octanol–water partition coefficient (Wildman–Crippen LogP) is 3.76. The van der Waals surface area contributed by atoms with Crippen LogP contribution in [0.2, 0.25) is 10.2 Å². The number of rotatable bonds is 2. The normalized spacial score (nSPS) is 14.0. The van der Waals surface area contributed by atoms with Crippen LogP contribution in [-0.4, -0.2) is 29.4 Å². The van der Waals surface area contributed by atoms with E-state index in [-0.39, 0.29) is 5.91 Å². The molecule has 1 amide bonds. The molecule has 3 rings (SSSR count). The maximum atomic E-state index is 12.2. The molecule has 2 aromatic rings. The molecule has 0 spiro atoms. The number of benzene rings is 1. The molecule has 1 aromatic heterocycles. The van der Waals surface area contributed by atoms with E-state index < -0.39 is 0 Å². The summed E-state index contributed by atoms with van der Waals surface area (Å²) in [5.74, 6) is 0.0405. The number of aromatic nitrogens is 1. The molecule has 0 saturated carbocycles. The smallest absolute Gasteiger partial charge is 0.253 e. The molecule has 0 saturated heterocycles. The second kappa shape index (κ2) is 5.54. The lowest BCUT2D eigenvalue weighted by Gasteiger charge is -2.26. The molecule has 1 aliphatic heterocycles. The first-order valence-electron chi connectivity index (χ1n) is 6.51. The fraction of sp³-hybridized carbons (Fsp3) is 0.200. The maximum Gasteiger partial charge on any atom is 0.253 e. The number of pyridine rings is 1. The van der Waals surface area contributed by atoms with Gasteiger partial charge in [0.05, 0.1) is 10.7 Å². The topological polar surface area (TPSA) is 45.2 Å². The Bertz CT molecular complexity index is 718. The number of halogens is 2. The Kier molecular flexibility index (Phi) is 3.74.